The zero-order valence-corrected chi connectivity index (χ0v) is 17.1. The van der Waals surface area contributed by atoms with Gasteiger partial charge in [0.2, 0.25) is 0 Å². The molecule has 1 aliphatic rings. The van der Waals surface area contributed by atoms with Gasteiger partial charge in [-0.1, -0.05) is 12.1 Å². The van der Waals surface area contributed by atoms with Crippen LogP contribution < -0.4 is 0 Å². The fraction of sp³-hybridized carbons (Fsp3) is 0.238. The van der Waals surface area contributed by atoms with E-state index >= 15 is 0 Å². The van der Waals surface area contributed by atoms with Gasteiger partial charge < -0.3 is 19.8 Å². The summed E-state index contributed by atoms with van der Waals surface area (Å²) in [4.78, 5) is 47.6. The summed E-state index contributed by atoms with van der Waals surface area (Å²) in [5, 5.41) is 41.9. The molecule has 12 nitrogen and oxygen atoms in total. The van der Waals surface area contributed by atoms with Crippen LogP contribution in [0.3, 0.4) is 0 Å². The molecule has 1 amide bonds. The minimum Gasteiger partial charge on any atom is -0.507 e. The molecular formula is C21H19N3O9. The van der Waals surface area contributed by atoms with Gasteiger partial charge in [0.05, 0.1) is 41.3 Å². The molecule has 1 fully saturated rings. The molecule has 2 aromatic rings. The van der Waals surface area contributed by atoms with Crippen molar-refractivity contribution >= 4 is 28.8 Å². The lowest BCUT2D eigenvalue weighted by molar-refractivity contribution is -0.385. The molecule has 2 aromatic carbocycles. The van der Waals surface area contributed by atoms with Crippen molar-refractivity contribution in [3.05, 3.63) is 85.5 Å². The topological polar surface area (TPSA) is 173 Å². The van der Waals surface area contributed by atoms with Gasteiger partial charge in [-0.25, -0.2) is 0 Å². The summed E-state index contributed by atoms with van der Waals surface area (Å²) in [6, 6.07) is 8.97. The monoisotopic (exact) mass is 457 g/mol. The second-order valence-electron chi connectivity index (χ2n) is 6.98. The van der Waals surface area contributed by atoms with Gasteiger partial charge in [0, 0.05) is 36.4 Å². The van der Waals surface area contributed by atoms with Gasteiger partial charge in [-0.15, -0.1) is 0 Å². The smallest absolute Gasteiger partial charge is 0.295 e. The molecule has 0 aromatic heterocycles. The van der Waals surface area contributed by atoms with E-state index in [1.165, 1.54) is 42.5 Å². The predicted octanol–water partition coefficient (Wildman–Crippen LogP) is 1.93. The van der Waals surface area contributed by atoms with Gasteiger partial charge in [0.1, 0.15) is 5.76 Å². The number of nitro groups is 2. The van der Waals surface area contributed by atoms with E-state index in [2.05, 4.69) is 0 Å². The van der Waals surface area contributed by atoms with Crippen LogP contribution >= 0.6 is 0 Å². The van der Waals surface area contributed by atoms with Crippen molar-refractivity contribution < 1.29 is 34.4 Å². The molecule has 0 radical (unpaired) electrons. The Balaban J connectivity index is 2.10. The Hall–Kier alpha value is -4.16. The Morgan fingerprint density at radius 2 is 1.67 bits per heavy atom. The summed E-state index contributed by atoms with van der Waals surface area (Å²) in [7, 11) is 0. The van der Waals surface area contributed by atoms with Crippen LogP contribution in [0.1, 0.15) is 17.2 Å². The van der Waals surface area contributed by atoms with Gasteiger partial charge in [-0.2, -0.15) is 0 Å². The number of aliphatic hydroxyl groups excluding tert-OH is 2. The van der Waals surface area contributed by atoms with Crippen LogP contribution in [0.15, 0.2) is 54.1 Å². The summed E-state index contributed by atoms with van der Waals surface area (Å²) in [6.07, 6.45) is 0. The first-order chi connectivity index (χ1) is 15.8. The van der Waals surface area contributed by atoms with E-state index in [1.807, 2.05) is 0 Å². The second-order valence-corrected chi connectivity index (χ2v) is 6.98. The molecule has 1 heterocycles. The molecule has 0 saturated carbocycles. The van der Waals surface area contributed by atoms with Crippen molar-refractivity contribution in [2.24, 2.45) is 0 Å². The lowest BCUT2D eigenvalue weighted by Crippen LogP contribution is -2.33. The molecule has 1 saturated heterocycles. The number of hydrogen-bond donors (Lipinski definition) is 2. The number of nitrogens with zero attached hydrogens (tertiary/aromatic N) is 3. The van der Waals surface area contributed by atoms with Crippen LogP contribution in [0.4, 0.5) is 11.4 Å². The molecule has 0 bridgehead atoms. The van der Waals surface area contributed by atoms with Crippen molar-refractivity contribution in [1.82, 2.24) is 4.90 Å². The van der Waals surface area contributed by atoms with Crippen molar-refractivity contribution in [2.75, 3.05) is 26.4 Å². The summed E-state index contributed by atoms with van der Waals surface area (Å²) in [6.45, 7) is -0.316. The largest absolute Gasteiger partial charge is 0.507 e. The number of rotatable bonds is 9. The molecule has 0 aliphatic carbocycles. The van der Waals surface area contributed by atoms with Gasteiger partial charge in [0.15, 0.2) is 0 Å². The van der Waals surface area contributed by atoms with E-state index in [0.717, 1.165) is 11.0 Å². The molecule has 1 unspecified atom stereocenters. The third-order valence-electron chi connectivity index (χ3n) is 5.00. The van der Waals surface area contributed by atoms with Crippen molar-refractivity contribution in [3.8, 4) is 0 Å². The van der Waals surface area contributed by atoms with Crippen molar-refractivity contribution in [2.45, 2.75) is 6.04 Å². The molecule has 1 aliphatic heterocycles. The van der Waals surface area contributed by atoms with Crippen LogP contribution in [-0.2, 0) is 14.3 Å². The fourth-order valence-electron chi connectivity index (χ4n) is 3.49. The molecule has 2 N–H and O–H groups in total. The molecule has 172 valence electrons. The SMILES string of the molecule is O=C1C(=O)N(CCOCCO)C(c2ccc([N+](=O)[O-])cc2)C1=C(O)c1cccc([N+](=O)[O-])c1. The number of nitro benzene ring substituents is 2. The van der Waals surface area contributed by atoms with E-state index in [0.29, 0.717) is 5.56 Å². The number of ether oxygens (including phenoxy) is 1. The molecule has 3 rings (SSSR count). The average molecular weight is 457 g/mol. The number of carbonyl (C=O) groups excluding carboxylic acids is 2. The maximum atomic E-state index is 12.9. The van der Waals surface area contributed by atoms with Gasteiger partial charge in [-0.05, 0) is 17.7 Å². The number of carbonyl (C=O) groups is 2. The zero-order valence-electron chi connectivity index (χ0n) is 17.1. The Morgan fingerprint density at radius 1 is 1.00 bits per heavy atom. The average Bonchev–Trinajstić information content (AvgIpc) is 3.06. The van der Waals surface area contributed by atoms with Gasteiger partial charge in [-0.3, -0.25) is 29.8 Å². The Bertz CT molecular complexity index is 1130. The lowest BCUT2D eigenvalue weighted by atomic mass is 9.95. The van der Waals surface area contributed by atoms with E-state index < -0.39 is 33.3 Å². The molecule has 0 spiro atoms. The number of non-ortho nitro benzene ring substituents is 2. The van der Waals surface area contributed by atoms with E-state index in [9.17, 15) is 34.9 Å². The first-order valence-corrected chi connectivity index (χ1v) is 9.72. The van der Waals surface area contributed by atoms with Crippen molar-refractivity contribution in [3.63, 3.8) is 0 Å². The fourth-order valence-corrected chi connectivity index (χ4v) is 3.49. The van der Waals surface area contributed by atoms with E-state index in [1.54, 1.807) is 0 Å². The quantitative estimate of drug-likeness (QED) is 0.142. The van der Waals surface area contributed by atoms with Crippen LogP contribution in [0, 0.1) is 20.2 Å². The Labute approximate surface area is 186 Å². The normalized spacial score (nSPS) is 17.4. The standard InChI is InChI=1S/C21H19N3O9/c25-9-11-33-10-8-22-18(13-4-6-15(7-5-13)23(29)30)17(20(27)21(22)28)19(26)14-2-1-3-16(12-14)24(31)32/h1-7,12,18,25-26H,8-11H2. The number of amides is 1. The third-order valence-corrected chi connectivity index (χ3v) is 5.00. The van der Waals surface area contributed by atoms with Crippen molar-refractivity contribution in [1.29, 1.82) is 0 Å². The Morgan fingerprint density at radius 3 is 2.27 bits per heavy atom. The number of aliphatic hydroxyl groups is 2. The highest BCUT2D eigenvalue weighted by Gasteiger charge is 2.46. The maximum absolute atomic E-state index is 12.9. The van der Waals surface area contributed by atoms with E-state index in [4.69, 9.17) is 9.84 Å². The highest BCUT2D eigenvalue weighted by atomic mass is 16.6. The van der Waals surface area contributed by atoms with Crippen LogP contribution in [0.25, 0.3) is 5.76 Å². The predicted molar refractivity (Wildman–Crippen MR) is 113 cm³/mol. The van der Waals surface area contributed by atoms with Gasteiger partial charge >= 0.3 is 0 Å². The third kappa shape index (κ3) is 4.86. The molecule has 1 atom stereocenters. The highest BCUT2D eigenvalue weighted by Crippen LogP contribution is 2.40. The Kier molecular flexibility index (Phi) is 7.10. The number of ketones is 1. The highest BCUT2D eigenvalue weighted by molar-refractivity contribution is 6.46. The van der Waals surface area contributed by atoms with E-state index in [-0.39, 0.29) is 48.9 Å². The number of Topliss-reactive ketones (excluding diaryl/α,β-unsaturated/α-hetero) is 1. The van der Waals surface area contributed by atoms with Gasteiger partial charge in [0.25, 0.3) is 23.1 Å². The number of benzene rings is 2. The molecule has 12 heteroatoms. The number of hydrogen-bond acceptors (Lipinski definition) is 9. The van der Waals surface area contributed by atoms with Crippen LogP contribution in [0.5, 0.6) is 0 Å². The summed E-state index contributed by atoms with van der Waals surface area (Å²) in [5.74, 6) is -2.55. The number of likely N-dealkylation sites (tertiary alicyclic amines) is 1. The minimum atomic E-state index is -1.11. The minimum absolute atomic E-state index is 0.0137. The summed E-state index contributed by atoms with van der Waals surface area (Å²) >= 11 is 0. The van der Waals surface area contributed by atoms with Crippen LogP contribution in [0.2, 0.25) is 0 Å². The van der Waals surface area contributed by atoms with Crippen LogP contribution in [-0.4, -0.2) is 63.0 Å². The molecule has 33 heavy (non-hydrogen) atoms. The second kappa shape index (κ2) is 9.97. The first-order valence-electron chi connectivity index (χ1n) is 9.72. The molecular weight excluding hydrogens is 438 g/mol. The summed E-state index contributed by atoms with van der Waals surface area (Å²) < 4.78 is 5.19. The lowest BCUT2D eigenvalue weighted by Gasteiger charge is -2.25. The maximum Gasteiger partial charge on any atom is 0.295 e. The first kappa shape index (κ1) is 23.5. The summed E-state index contributed by atoms with van der Waals surface area (Å²) in [5.41, 5.74) is -0.561. The zero-order chi connectivity index (χ0) is 24.1.